The van der Waals surface area contributed by atoms with E-state index in [4.69, 9.17) is 34.0 Å². The third kappa shape index (κ3) is 3.85. The number of hydrogen-bond acceptors (Lipinski definition) is 3. The maximum absolute atomic E-state index is 12.1. The molecule has 1 aromatic rings. The van der Waals surface area contributed by atoms with Gasteiger partial charge < -0.3 is 16.2 Å². The first-order valence-corrected chi connectivity index (χ1v) is 6.58. The van der Waals surface area contributed by atoms with E-state index in [-0.39, 0.29) is 21.3 Å². The van der Waals surface area contributed by atoms with Gasteiger partial charge in [0.1, 0.15) is 0 Å². The van der Waals surface area contributed by atoms with Gasteiger partial charge in [0.2, 0.25) is 5.91 Å². The largest absolute Gasteiger partial charge is 0.478 e. The van der Waals surface area contributed by atoms with Crippen LogP contribution in [0.25, 0.3) is 0 Å². The van der Waals surface area contributed by atoms with Crippen molar-refractivity contribution in [3.8, 4) is 0 Å². The lowest BCUT2D eigenvalue weighted by Crippen LogP contribution is -2.45. The first kappa shape index (κ1) is 16.8. The molecule has 1 rings (SSSR count). The summed E-state index contributed by atoms with van der Waals surface area (Å²) in [6.45, 7) is 5.41. The van der Waals surface area contributed by atoms with Crippen molar-refractivity contribution < 1.29 is 14.7 Å². The van der Waals surface area contributed by atoms with Crippen molar-refractivity contribution in [2.75, 3.05) is 5.32 Å². The molecular formula is C13H16Cl2N2O3. The normalized spacial score (nSPS) is 12.9. The topological polar surface area (TPSA) is 92.4 Å². The Morgan fingerprint density at radius 2 is 1.85 bits per heavy atom. The highest BCUT2D eigenvalue weighted by Gasteiger charge is 2.29. The molecule has 0 heterocycles. The van der Waals surface area contributed by atoms with E-state index in [9.17, 15) is 9.59 Å². The molecule has 0 radical (unpaired) electrons. The van der Waals surface area contributed by atoms with Gasteiger partial charge in [-0.3, -0.25) is 4.79 Å². The second kappa shape index (κ2) is 5.99. The highest BCUT2D eigenvalue weighted by atomic mass is 35.5. The first-order valence-electron chi connectivity index (χ1n) is 5.83. The van der Waals surface area contributed by atoms with Crippen LogP contribution in [0.5, 0.6) is 0 Å². The summed E-state index contributed by atoms with van der Waals surface area (Å²) in [4.78, 5) is 23.2. The minimum atomic E-state index is -1.24. The van der Waals surface area contributed by atoms with Crippen LogP contribution in [0.15, 0.2) is 12.1 Å². The van der Waals surface area contributed by atoms with E-state index >= 15 is 0 Å². The second-order valence-electron chi connectivity index (χ2n) is 5.45. The average molecular weight is 319 g/mol. The summed E-state index contributed by atoms with van der Waals surface area (Å²) in [6.07, 6.45) is 0. The third-order valence-corrected chi connectivity index (χ3v) is 3.27. The molecule has 110 valence electrons. The Labute approximate surface area is 127 Å². The van der Waals surface area contributed by atoms with Crippen LogP contribution in [0.3, 0.4) is 0 Å². The Kier molecular flexibility index (Phi) is 5.02. The number of aromatic carboxylic acids is 1. The average Bonchev–Trinajstić information content (AvgIpc) is 2.29. The van der Waals surface area contributed by atoms with Gasteiger partial charge in [-0.15, -0.1) is 0 Å². The first-order chi connectivity index (χ1) is 9.04. The molecular weight excluding hydrogens is 303 g/mol. The lowest BCUT2D eigenvalue weighted by molar-refractivity contribution is -0.119. The van der Waals surface area contributed by atoms with E-state index in [1.165, 1.54) is 12.1 Å². The summed E-state index contributed by atoms with van der Waals surface area (Å²) < 4.78 is 0. The van der Waals surface area contributed by atoms with E-state index in [1.54, 1.807) is 20.8 Å². The van der Waals surface area contributed by atoms with E-state index < -0.39 is 23.3 Å². The number of anilines is 1. The lowest BCUT2D eigenvalue weighted by atomic mass is 9.87. The SMILES string of the molecule is CC(C)(C)[C@H](N)C(=O)Nc1c(Cl)cc(Cl)cc1C(=O)O. The molecule has 0 aliphatic heterocycles. The summed E-state index contributed by atoms with van der Waals surface area (Å²) in [5.41, 5.74) is 5.16. The number of carboxylic acid groups (broad SMARTS) is 1. The number of nitrogens with one attached hydrogen (secondary N) is 1. The number of hydrogen-bond donors (Lipinski definition) is 3. The van der Waals surface area contributed by atoms with E-state index in [1.807, 2.05) is 0 Å². The molecule has 1 aromatic carbocycles. The lowest BCUT2D eigenvalue weighted by Gasteiger charge is -2.26. The Balaban J connectivity index is 3.16. The molecule has 0 aliphatic rings. The number of benzene rings is 1. The molecule has 0 bridgehead atoms. The van der Waals surface area contributed by atoms with Gasteiger partial charge in [0, 0.05) is 5.02 Å². The fourth-order valence-electron chi connectivity index (χ4n) is 1.46. The molecule has 0 spiro atoms. The third-order valence-electron chi connectivity index (χ3n) is 2.75. The fraction of sp³-hybridized carbons (Fsp3) is 0.385. The number of halogens is 2. The summed E-state index contributed by atoms with van der Waals surface area (Å²) in [7, 11) is 0. The fourth-order valence-corrected chi connectivity index (χ4v) is 2.00. The van der Waals surface area contributed by atoms with Crippen LogP contribution in [0.1, 0.15) is 31.1 Å². The Morgan fingerprint density at radius 3 is 2.30 bits per heavy atom. The zero-order valence-electron chi connectivity index (χ0n) is 11.3. The molecule has 0 unspecified atom stereocenters. The highest BCUT2D eigenvalue weighted by molar-refractivity contribution is 6.37. The number of nitrogens with two attached hydrogens (primary N) is 1. The van der Waals surface area contributed by atoms with Gasteiger partial charge in [0.25, 0.3) is 0 Å². The molecule has 0 saturated carbocycles. The van der Waals surface area contributed by atoms with Gasteiger partial charge in [-0.05, 0) is 17.5 Å². The van der Waals surface area contributed by atoms with Gasteiger partial charge in [-0.2, -0.15) is 0 Å². The van der Waals surface area contributed by atoms with Crippen molar-refractivity contribution in [1.82, 2.24) is 0 Å². The van der Waals surface area contributed by atoms with Crippen molar-refractivity contribution in [3.63, 3.8) is 0 Å². The molecule has 4 N–H and O–H groups in total. The van der Waals surface area contributed by atoms with Crippen LogP contribution in [0, 0.1) is 5.41 Å². The molecule has 5 nitrogen and oxygen atoms in total. The van der Waals surface area contributed by atoms with Gasteiger partial charge in [0.15, 0.2) is 0 Å². The maximum atomic E-state index is 12.1. The number of amides is 1. The van der Waals surface area contributed by atoms with Gasteiger partial charge in [-0.1, -0.05) is 44.0 Å². The molecule has 0 saturated heterocycles. The van der Waals surface area contributed by atoms with E-state index in [0.717, 1.165) is 0 Å². The molecule has 1 amide bonds. The monoisotopic (exact) mass is 318 g/mol. The minimum Gasteiger partial charge on any atom is -0.478 e. The quantitative estimate of drug-likeness (QED) is 0.798. The summed E-state index contributed by atoms with van der Waals surface area (Å²) in [6, 6.07) is 1.76. The summed E-state index contributed by atoms with van der Waals surface area (Å²) in [5, 5.41) is 11.8. The van der Waals surface area contributed by atoms with Crippen molar-refractivity contribution in [2.24, 2.45) is 11.1 Å². The zero-order chi connectivity index (χ0) is 15.7. The van der Waals surface area contributed by atoms with Crippen LogP contribution in [-0.4, -0.2) is 23.0 Å². The van der Waals surface area contributed by atoms with Crippen molar-refractivity contribution in [1.29, 1.82) is 0 Å². The molecule has 7 heteroatoms. The number of carboxylic acids is 1. The minimum absolute atomic E-state index is 0.00623. The van der Waals surface area contributed by atoms with Crippen LogP contribution in [0.2, 0.25) is 10.0 Å². The van der Waals surface area contributed by atoms with Gasteiger partial charge in [-0.25, -0.2) is 4.79 Å². The number of carbonyl (C=O) groups is 2. The second-order valence-corrected chi connectivity index (χ2v) is 6.29. The Bertz CT molecular complexity index is 553. The van der Waals surface area contributed by atoms with Crippen molar-refractivity contribution in [3.05, 3.63) is 27.7 Å². The summed E-state index contributed by atoms with van der Waals surface area (Å²) >= 11 is 11.7. The number of carbonyl (C=O) groups excluding carboxylic acids is 1. The molecule has 20 heavy (non-hydrogen) atoms. The predicted octanol–water partition coefficient (Wildman–Crippen LogP) is 3.00. The van der Waals surface area contributed by atoms with E-state index in [2.05, 4.69) is 5.32 Å². The standard InChI is InChI=1S/C13H16Cl2N2O3/c1-13(2,3)10(16)11(18)17-9-7(12(19)20)4-6(14)5-8(9)15/h4-5,10H,16H2,1-3H3,(H,17,18)(H,19,20)/t10-/m1/s1. The summed E-state index contributed by atoms with van der Waals surface area (Å²) in [5.74, 6) is -1.75. The van der Waals surface area contributed by atoms with Crippen LogP contribution in [0.4, 0.5) is 5.69 Å². The zero-order valence-corrected chi connectivity index (χ0v) is 12.8. The maximum Gasteiger partial charge on any atom is 0.337 e. The van der Waals surface area contributed by atoms with Gasteiger partial charge in [0.05, 0.1) is 22.3 Å². The molecule has 0 aliphatic carbocycles. The van der Waals surface area contributed by atoms with Crippen LogP contribution < -0.4 is 11.1 Å². The Morgan fingerprint density at radius 1 is 1.30 bits per heavy atom. The smallest absolute Gasteiger partial charge is 0.337 e. The van der Waals surface area contributed by atoms with Crippen LogP contribution in [-0.2, 0) is 4.79 Å². The number of rotatable bonds is 3. The van der Waals surface area contributed by atoms with Crippen molar-refractivity contribution >= 4 is 40.8 Å². The Hall–Kier alpha value is -1.30. The van der Waals surface area contributed by atoms with Gasteiger partial charge >= 0.3 is 5.97 Å². The van der Waals surface area contributed by atoms with E-state index in [0.29, 0.717) is 0 Å². The molecule has 0 fully saturated rings. The molecule has 0 aromatic heterocycles. The van der Waals surface area contributed by atoms with Crippen LogP contribution >= 0.6 is 23.2 Å². The highest BCUT2D eigenvalue weighted by Crippen LogP contribution is 2.31. The molecule has 1 atom stereocenters. The predicted molar refractivity (Wildman–Crippen MR) is 79.5 cm³/mol. The van der Waals surface area contributed by atoms with Crippen molar-refractivity contribution in [2.45, 2.75) is 26.8 Å².